The fourth-order valence-electron chi connectivity index (χ4n) is 4.82. The van der Waals surface area contributed by atoms with Crippen LogP contribution in [0.3, 0.4) is 0 Å². The van der Waals surface area contributed by atoms with Crippen LogP contribution in [-0.2, 0) is 28.6 Å². The molecule has 1 saturated heterocycles. The first-order chi connectivity index (χ1) is 21.3. The fraction of sp³-hybridized carbons (Fsp3) is 0.452. The summed E-state index contributed by atoms with van der Waals surface area (Å²) < 4.78 is 22.1. The lowest BCUT2D eigenvalue weighted by Gasteiger charge is -2.27. The Morgan fingerprint density at radius 2 is 1.52 bits per heavy atom. The van der Waals surface area contributed by atoms with Crippen molar-refractivity contribution in [2.75, 3.05) is 57.3 Å². The Labute approximate surface area is 255 Å². The first-order valence-electron chi connectivity index (χ1n) is 14.7. The minimum Gasteiger partial charge on any atom is -0.491 e. The number of fused-ring (bicyclic) bond motifs is 1. The van der Waals surface area contributed by atoms with Crippen LogP contribution in [-0.4, -0.2) is 86.7 Å². The summed E-state index contributed by atoms with van der Waals surface area (Å²) in [5.74, 6) is -1.95. The van der Waals surface area contributed by atoms with Crippen molar-refractivity contribution in [1.29, 1.82) is 0 Å². The molecule has 1 fully saturated rings. The molecule has 13 nitrogen and oxygen atoms in total. The number of hydrogen-bond acceptors (Lipinski definition) is 10. The predicted molar refractivity (Wildman–Crippen MR) is 159 cm³/mol. The number of amides is 5. The van der Waals surface area contributed by atoms with Crippen LogP contribution in [0.5, 0.6) is 5.75 Å². The van der Waals surface area contributed by atoms with Crippen molar-refractivity contribution in [2.24, 2.45) is 0 Å². The molecule has 0 bridgehead atoms. The molecule has 0 aromatic heterocycles. The number of piperidine rings is 1. The highest BCUT2D eigenvalue weighted by Gasteiger charge is 2.45. The summed E-state index contributed by atoms with van der Waals surface area (Å²) in [6, 6.07) is 10.7. The number of rotatable bonds is 18. The van der Waals surface area contributed by atoms with E-state index in [4.69, 9.17) is 24.7 Å². The molecule has 2 aliphatic heterocycles. The predicted octanol–water partition coefficient (Wildman–Crippen LogP) is 2.30. The van der Waals surface area contributed by atoms with E-state index >= 15 is 0 Å². The number of nitrogens with two attached hydrogens (primary N) is 1. The van der Waals surface area contributed by atoms with Gasteiger partial charge in [-0.2, -0.15) is 0 Å². The Hall–Kier alpha value is -4.33. The van der Waals surface area contributed by atoms with Crippen molar-refractivity contribution in [1.82, 2.24) is 10.2 Å². The van der Waals surface area contributed by atoms with Crippen LogP contribution in [0, 0.1) is 0 Å². The highest BCUT2D eigenvalue weighted by molar-refractivity contribution is 6.26. The molecule has 0 radical (unpaired) electrons. The molecule has 1 unspecified atom stereocenters. The molecule has 1 atom stereocenters. The molecule has 2 aliphatic rings. The molecule has 4 N–H and O–H groups in total. The Balaban J connectivity index is 1.03. The molecule has 0 saturated carbocycles. The lowest BCUT2D eigenvalue weighted by Crippen LogP contribution is -2.54. The van der Waals surface area contributed by atoms with Crippen LogP contribution < -0.4 is 21.1 Å². The highest BCUT2D eigenvalue weighted by atomic mass is 16.6. The number of carbonyl (C=O) groups excluding carboxylic acids is 5. The topological polar surface area (TPSA) is 176 Å². The molecule has 13 heteroatoms. The van der Waals surface area contributed by atoms with Gasteiger partial charge in [-0.05, 0) is 55.7 Å². The normalized spacial score (nSPS) is 16.2. The standard InChI is InChI=1S/C31H38N4O9/c32-21-8-10-22(11-9-21)44-20-19-43-18-17-42-16-15-41-14-3-1-2-7-26(36)33-24-6-4-5-23-28(24)31(40)35(30(23)39)25-12-13-27(37)34-29(25)38/h4-6,8-11,25H,1-3,7,12-20,32H2,(H,33,36)(H,34,37,38). The van der Waals surface area contributed by atoms with Crippen LogP contribution in [0.4, 0.5) is 11.4 Å². The van der Waals surface area contributed by atoms with Gasteiger partial charge in [0.15, 0.2) is 0 Å². The number of nitrogens with one attached hydrogen (secondary N) is 2. The fourth-order valence-corrected chi connectivity index (χ4v) is 4.82. The monoisotopic (exact) mass is 610 g/mol. The van der Waals surface area contributed by atoms with Gasteiger partial charge >= 0.3 is 0 Å². The number of imide groups is 2. The van der Waals surface area contributed by atoms with Crippen molar-refractivity contribution in [3.63, 3.8) is 0 Å². The zero-order chi connectivity index (χ0) is 31.3. The zero-order valence-electron chi connectivity index (χ0n) is 24.5. The van der Waals surface area contributed by atoms with E-state index in [1.165, 1.54) is 6.07 Å². The van der Waals surface area contributed by atoms with Gasteiger partial charge in [0.1, 0.15) is 18.4 Å². The van der Waals surface area contributed by atoms with Crippen molar-refractivity contribution < 1.29 is 42.9 Å². The summed E-state index contributed by atoms with van der Waals surface area (Å²) in [6.07, 6.45) is 2.50. The van der Waals surface area contributed by atoms with Crippen LogP contribution >= 0.6 is 0 Å². The van der Waals surface area contributed by atoms with E-state index in [9.17, 15) is 24.0 Å². The summed E-state index contributed by atoms with van der Waals surface area (Å²) in [5.41, 5.74) is 6.72. The van der Waals surface area contributed by atoms with Crippen molar-refractivity contribution in [3.05, 3.63) is 53.6 Å². The van der Waals surface area contributed by atoms with Crippen LogP contribution in [0.25, 0.3) is 0 Å². The van der Waals surface area contributed by atoms with Crippen molar-refractivity contribution in [3.8, 4) is 5.75 Å². The van der Waals surface area contributed by atoms with Gasteiger partial charge in [0.25, 0.3) is 11.8 Å². The second-order valence-corrected chi connectivity index (χ2v) is 10.3. The number of carbonyl (C=O) groups is 5. The highest BCUT2D eigenvalue weighted by Crippen LogP contribution is 2.32. The summed E-state index contributed by atoms with van der Waals surface area (Å²) in [6.45, 7) is 3.27. The molecular weight excluding hydrogens is 572 g/mol. The number of unbranched alkanes of at least 4 members (excludes halogenated alkanes) is 2. The Bertz CT molecular complexity index is 1330. The smallest absolute Gasteiger partial charge is 0.264 e. The number of benzene rings is 2. The van der Waals surface area contributed by atoms with Gasteiger partial charge in [0.2, 0.25) is 17.7 Å². The van der Waals surface area contributed by atoms with Crippen LogP contribution in [0.1, 0.15) is 59.2 Å². The van der Waals surface area contributed by atoms with Gasteiger partial charge in [0, 0.05) is 25.1 Å². The third kappa shape index (κ3) is 9.09. The second kappa shape index (κ2) is 16.5. The molecule has 4 rings (SSSR count). The Morgan fingerprint density at radius 3 is 2.23 bits per heavy atom. The summed E-state index contributed by atoms with van der Waals surface area (Å²) in [4.78, 5) is 63.3. The molecule has 2 aromatic carbocycles. The maximum atomic E-state index is 13.1. The largest absolute Gasteiger partial charge is 0.491 e. The van der Waals surface area contributed by atoms with Gasteiger partial charge in [-0.1, -0.05) is 12.5 Å². The number of anilines is 2. The number of hydrogen-bond donors (Lipinski definition) is 3. The lowest BCUT2D eigenvalue weighted by molar-refractivity contribution is -0.136. The van der Waals surface area contributed by atoms with Gasteiger partial charge in [-0.15, -0.1) is 0 Å². The zero-order valence-corrected chi connectivity index (χ0v) is 24.5. The summed E-state index contributed by atoms with van der Waals surface area (Å²) >= 11 is 0. The SMILES string of the molecule is Nc1ccc(OCCOCCOCCOCCCCCC(=O)Nc2cccc3c2C(=O)N(C2CCC(=O)NC2=O)C3=O)cc1. The molecule has 44 heavy (non-hydrogen) atoms. The van der Waals surface area contributed by atoms with Gasteiger partial charge in [-0.25, -0.2) is 0 Å². The van der Waals surface area contributed by atoms with Crippen molar-refractivity contribution in [2.45, 2.75) is 44.6 Å². The number of nitrogens with zero attached hydrogens (tertiary/aromatic N) is 1. The third-order valence-corrected chi connectivity index (χ3v) is 7.06. The first kappa shape index (κ1) is 32.6. The Morgan fingerprint density at radius 1 is 0.841 bits per heavy atom. The van der Waals surface area contributed by atoms with Crippen LogP contribution in [0.2, 0.25) is 0 Å². The molecule has 236 valence electrons. The van der Waals surface area contributed by atoms with Crippen LogP contribution in [0.15, 0.2) is 42.5 Å². The first-order valence-corrected chi connectivity index (χ1v) is 14.7. The van der Waals surface area contributed by atoms with Gasteiger partial charge in [0.05, 0.1) is 49.8 Å². The quantitative estimate of drug-likeness (QED) is 0.129. The molecule has 5 amide bonds. The molecule has 2 heterocycles. The second-order valence-electron chi connectivity index (χ2n) is 10.3. The number of ether oxygens (including phenoxy) is 4. The molecular formula is C31H38N4O9. The van der Waals surface area contributed by atoms with E-state index in [0.29, 0.717) is 58.4 Å². The summed E-state index contributed by atoms with van der Waals surface area (Å²) in [5, 5.41) is 4.90. The van der Waals surface area contributed by atoms with E-state index in [-0.39, 0.29) is 42.0 Å². The van der Waals surface area contributed by atoms with Crippen molar-refractivity contribution >= 4 is 40.9 Å². The van der Waals surface area contributed by atoms with E-state index in [1.54, 1.807) is 24.3 Å². The average molecular weight is 611 g/mol. The van der Waals surface area contributed by atoms with E-state index < -0.39 is 29.7 Å². The minimum absolute atomic E-state index is 0.0335. The average Bonchev–Trinajstić information content (AvgIpc) is 3.26. The van der Waals surface area contributed by atoms with Gasteiger partial charge < -0.3 is 30.0 Å². The molecule has 0 spiro atoms. The van der Waals surface area contributed by atoms with E-state index in [2.05, 4.69) is 10.6 Å². The van der Waals surface area contributed by atoms with Gasteiger partial charge in [-0.3, -0.25) is 34.2 Å². The Kier molecular flexibility index (Phi) is 12.2. The minimum atomic E-state index is -1.07. The molecule has 2 aromatic rings. The maximum Gasteiger partial charge on any atom is 0.264 e. The molecule has 0 aliphatic carbocycles. The maximum absolute atomic E-state index is 13.1. The number of nitrogen functional groups attached to an aromatic ring is 1. The van der Waals surface area contributed by atoms with E-state index in [0.717, 1.165) is 23.5 Å². The lowest BCUT2D eigenvalue weighted by atomic mass is 10.0. The summed E-state index contributed by atoms with van der Waals surface area (Å²) in [7, 11) is 0. The third-order valence-electron chi connectivity index (χ3n) is 7.06. The van der Waals surface area contributed by atoms with E-state index in [1.807, 2.05) is 12.1 Å².